The van der Waals surface area contributed by atoms with E-state index < -0.39 is 35.9 Å². The normalized spacial score (nSPS) is 18.7. The van der Waals surface area contributed by atoms with Gasteiger partial charge in [0.15, 0.2) is 0 Å². The number of nitrogens with zero attached hydrogens (tertiary/aromatic N) is 5. The second-order valence-electron chi connectivity index (χ2n) is 12.3. The van der Waals surface area contributed by atoms with Crippen molar-refractivity contribution in [2.45, 2.75) is 64.0 Å². The zero-order valence-electron chi connectivity index (χ0n) is 25.5. The Bertz CT molecular complexity index is 1550. The molecule has 0 bridgehead atoms. The predicted molar refractivity (Wildman–Crippen MR) is 163 cm³/mol. The van der Waals surface area contributed by atoms with Crippen molar-refractivity contribution in [3.8, 4) is 11.3 Å². The SMILES string of the molecule is Cc1ccccc1-c1nc(N2CCC(N3CCCC3)CC2)nc2c1C(=O)N(Cc1cc(C(F)(F)F)cc(C(F)(F)F)c1)CCCN2. The molecule has 2 aromatic carbocycles. The molecule has 2 saturated heterocycles. The fraction of sp³-hybridized carbons (Fsp3) is 0.485. The number of anilines is 2. The third-order valence-electron chi connectivity index (χ3n) is 9.12. The first-order chi connectivity index (χ1) is 21.9. The maximum atomic E-state index is 14.3. The Morgan fingerprint density at radius 3 is 2.13 bits per heavy atom. The number of rotatable bonds is 5. The summed E-state index contributed by atoms with van der Waals surface area (Å²) in [7, 11) is 0. The number of fused-ring (bicyclic) bond motifs is 1. The van der Waals surface area contributed by atoms with Crippen LogP contribution < -0.4 is 10.2 Å². The number of halogens is 6. The molecule has 7 nitrogen and oxygen atoms in total. The lowest BCUT2D eigenvalue weighted by atomic mass is 9.99. The average molecular weight is 647 g/mol. The van der Waals surface area contributed by atoms with E-state index in [1.54, 1.807) is 0 Å². The van der Waals surface area contributed by atoms with Crippen molar-refractivity contribution < 1.29 is 31.1 Å². The molecule has 3 aliphatic rings. The quantitative estimate of drug-likeness (QED) is 0.301. The van der Waals surface area contributed by atoms with Crippen molar-refractivity contribution >= 4 is 17.7 Å². The summed E-state index contributed by atoms with van der Waals surface area (Å²) in [5, 5.41) is 3.27. The number of carbonyl (C=O) groups excluding carboxylic acids is 1. The molecule has 0 radical (unpaired) electrons. The number of alkyl halides is 6. The monoisotopic (exact) mass is 646 g/mol. The zero-order valence-corrected chi connectivity index (χ0v) is 25.5. The Balaban J connectivity index is 1.37. The molecule has 1 N–H and O–H groups in total. The van der Waals surface area contributed by atoms with Gasteiger partial charge in [0.2, 0.25) is 5.95 Å². The van der Waals surface area contributed by atoms with Gasteiger partial charge in [-0.15, -0.1) is 0 Å². The van der Waals surface area contributed by atoms with Gasteiger partial charge in [0, 0.05) is 44.3 Å². The molecule has 0 saturated carbocycles. The number of hydrogen-bond acceptors (Lipinski definition) is 6. The van der Waals surface area contributed by atoms with Crippen LogP contribution in [0.5, 0.6) is 0 Å². The lowest BCUT2D eigenvalue weighted by Crippen LogP contribution is -2.44. The molecule has 1 amide bonds. The highest BCUT2D eigenvalue weighted by Gasteiger charge is 2.38. The van der Waals surface area contributed by atoms with Gasteiger partial charge < -0.3 is 20.0 Å². The summed E-state index contributed by atoms with van der Waals surface area (Å²) in [6, 6.07) is 9.40. The number of nitrogens with one attached hydrogen (secondary N) is 1. The molecule has 0 unspecified atom stereocenters. The van der Waals surface area contributed by atoms with Crippen molar-refractivity contribution in [2.75, 3.05) is 49.5 Å². The molecule has 6 rings (SSSR count). The lowest BCUT2D eigenvalue weighted by Gasteiger charge is -2.37. The molecule has 1 aromatic heterocycles. The van der Waals surface area contributed by atoms with Crippen LogP contribution in [0.1, 0.15) is 64.7 Å². The predicted octanol–water partition coefficient (Wildman–Crippen LogP) is 7.01. The van der Waals surface area contributed by atoms with Crippen LogP contribution in [0, 0.1) is 6.92 Å². The van der Waals surface area contributed by atoms with Gasteiger partial charge in [-0.3, -0.25) is 4.79 Å². The van der Waals surface area contributed by atoms with Gasteiger partial charge in [-0.25, -0.2) is 4.98 Å². The minimum atomic E-state index is -4.99. The highest BCUT2D eigenvalue weighted by Crippen LogP contribution is 2.38. The lowest BCUT2D eigenvalue weighted by molar-refractivity contribution is -0.143. The fourth-order valence-electron chi connectivity index (χ4n) is 6.71. The van der Waals surface area contributed by atoms with Crippen LogP contribution in [0.4, 0.5) is 38.1 Å². The molecule has 3 aliphatic heterocycles. The number of carbonyl (C=O) groups is 1. The van der Waals surface area contributed by atoms with Crippen molar-refractivity contribution in [1.82, 2.24) is 19.8 Å². The van der Waals surface area contributed by atoms with E-state index in [4.69, 9.17) is 9.97 Å². The van der Waals surface area contributed by atoms with Gasteiger partial charge in [0.1, 0.15) is 11.4 Å². The van der Waals surface area contributed by atoms with Crippen LogP contribution in [0.25, 0.3) is 11.3 Å². The third kappa shape index (κ3) is 6.79. The maximum absolute atomic E-state index is 14.3. The topological polar surface area (TPSA) is 64.6 Å². The number of aryl methyl sites for hydroxylation is 1. The average Bonchev–Trinajstić information content (AvgIpc) is 3.56. The maximum Gasteiger partial charge on any atom is 0.416 e. The van der Waals surface area contributed by atoms with Crippen LogP contribution >= 0.6 is 0 Å². The van der Waals surface area contributed by atoms with E-state index in [1.165, 1.54) is 17.7 Å². The van der Waals surface area contributed by atoms with Gasteiger partial charge in [-0.05, 0) is 81.4 Å². The summed E-state index contributed by atoms with van der Waals surface area (Å²) in [6.07, 6.45) is -5.18. The summed E-state index contributed by atoms with van der Waals surface area (Å²) in [6.45, 7) is 5.72. The van der Waals surface area contributed by atoms with Crippen molar-refractivity contribution in [2.24, 2.45) is 0 Å². The van der Waals surface area contributed by atoms with E-state index >= 15 is 0 Å². The number of piperidine rings is 1. The highest BCUT2D eigenvalue weighted by molar-refractivity contribution is 6.05. The molecule has 2 fully saturated rings. The van der Waals surface area contributed by atoms with E-state index in [0.29, 0.717) is 54.2 Å². The van der Waals surface area contributed by atoms with E-state index in [1.807, 2.05) is 31.2 Å². The Labute approximate surface area is 263 Å². The van der Waals surface area contributed by atoms with E-state index in [9.17, 15) is 31.1 Å². The third-order valence-corrected chi connectivity index (χ3v) is 9.12. The minimum Gasteiger partial charge on any atom is -0.369 e. The molecule has 46 heavy (non-hydrogen) atoms. The molecule has 0 aliphatic carbocycles. The summed E-state index contributed by atoms with van der Waals surface area (Å²) < 4.78 is 81.6. The van der Waals surface area contributed by atoms with Crippen LogP contribution in [0.3, 0.4) is 0 Å². The summed E-state index contributed by atoms with van der Waals surface area (Å²) >= 11 is 0. The number of benzene rings is 2. The molecule has 13 heteroatoms. The molecule has 0 atom stereocenters. The molecule has 4 heterocycles. The number of amides is 1. The molecule has 0 spiro atoms. The Morgan fingerprint density at radius 1 is 0.848 bits per heavy atom. The smallest absolute Gasteiger partial charge is 0.369 e. The second kappa shape index (κ2) is 12.7. The summed E-state index contributed by atoms with van der Waals surface area (Å²) in [4.78, 5) is 30.0. The van der Waals surface area contributed by atoms with Gasteiger partial charge in [0.25, 0.3) is 5.91 Å². The molecular weight excluding hydrogens is 610 g/mol. The van der Waals surface area contributed by atoms with Crippen molar-refractivity contribution in [3.05, 3.63) is 70.3 Å². The highest BCUT2D eigenvalue weighted by atomic mass is 19.4. The van der Waals surface area contributed by atoms with E-state index in [0.717, 1.165) is 44.6 Å². The second-order valence-corrected chi connectivity index (χ2v) is 12.3. The minimum absolute atomic E-state index is 0.0948. The van der Waals surface area contributed by atoms with Crippen LogP contribution in [-0.4, -0.2) is 71.0 Å². The zero-order chi connectivity index (χ0) is 32.6. The number of aromatic nitrogens is 2. The van der Waals surface area contributed by atoms with E-state index in [2.05, 4.69) is 15.1 Å². The molecule has 246 valence electrons. The first kappa shape index (κ1) is 32.1. The van der Waals surface area contributed by atoms with Gasteiger partial charge >= 0.3 is 12.4 Å². The largest absolute Gasteiger partial charge is 0.416 e. The van der Waals surface area contributed by atoms with Crippen LogP contribution in [0.15, 0.2) is 42.5 Å². The van der Waals surface area contributed by atoms with Crippen LogP contribution in [-0.2, 0) is 18.9 Å². The standard InChI is InChI=1S/C33H36F6N6O/c1-21-7-2-3-8-26(21)28-27-29(42-31(41-28)44-15-9-25(10-16-44)43-12-4-5-13-43)40-11-6-14-45(30(27)46)20-22-17-23(32(34,35)36)19-24(18-22)33(37,38)39/h2-3,7-8,17-19,25H,4-6,9-16,20H2,1H3,(H,40,41,42). The van der Waals surface area contributed by atoms with Gasteiger partial charge in [-0.1, -0.05) is 24.3 Å². The first-order valence-corrected chi connectivity index (χ1v) is 15.7. The number of likely N-dealkylation sites (tertiary alicyclic amines) is 1. The first-order valence-electron chi connectivity index (χ1n) is 15.7. The summed E-state index contributed by atoms with van der Waals surface area (Å²) in [5.41, 5.74) is -1.01. The van der Waals surface area contributed by atoms with Crippen molar-refractivity contribution in [3.63, 3.8) is 0 Å². The Kier molecular flexibility index (Phi) is 8.88. The van der Waals surface area contributed by atoms with Gasteiger partial charge in [-0.2, -0.15) is 31.3 Å². The Hall–Kier alpha value is -3.87. The number of hydrogen-bond donors (Lipinski definition) is 1. The van der Waals surface area contributed by atoms with E-state index in [-0.39, 0.29) is 23.7 Å². The molecule has 3 aromatic rings. The van der Waals surface area contributed by atoms with Gasteiger partial charge in [0.05, 0.1) is 16.8 Å². The summed E-state index contributed by atoms with van der Waals surface area (Å²) in [5.74, 6) is 0.224. The Morgan fingerprint density at radius 2 is 1.50 bits per heavy atom. The van der Waals surface area contributed by atoms with Crippen LogP contribution in [0.2, 0.25) is 0 Å². The molecular formula is C33H36F6N6O. The fourth-order valence-corrected chi connectivity index (χ4v) is 6.71. The van der Waals surface area contributed by atoms with Crippen molar-refractivity contribution in [1.29, 1.82) is 0 Å².